The van der Waals surface area contributed by atoms with Crippen molar-refractivity contribution in [2.75, 3.05) is 0 Å². The van der Waals surface area contributed by atoms with Crippen molar-refractivity contribution in [3.05, 3.63) is 53.0 Å². The smallest absolute Gasteiger partial charge is 0.156 e. The van der Waals surface area contributed by atoms with Crippen molar-refractivity contribution in [3.8, 4) is 6.07 Å². The van der Waals surface area contributed by atoms with Crippen LogP contribution in [-0.2, 0) is 4.79 Å². The number of rotatable bonds is 4. The van der Waals surface area contributed by atoms with Gasteiger partial charge in [0.05, 0.1) is 11.0 Å². The van der Waals surface area contributed by atoms with E-state index in [9.17, 15) is 4.79 Å². The second-order valence-corrected chi connectivity index (χ2v) is 6.30. The van der Waals surface area contributed by atoms with E-state index in [2.05, 4.69) is 6.07 Å². The predicted octanol–water partition coefficient (Wildman–Crippen LogP) is 4.36. The van der Waals surface area contributed by atoms with Crippen molar-refractivity contribution in [1.29, 1.82) is 5.26 Å². The summed E-state index contributed by atoms with van der Waals surface area (Å²) in [7, 11) is 0. The Bertz CT molecular complexity index is 530. The summed E-state index contributed by atoms with van der Waals surface area (Å²) in [5, 5.41) is 9.11. The van der Waals surface area contributed by atoms with Gasteiger partial charge in [0.25, 0.3) is 0 Å². The third-order valence-corrected chi connectivity index (χ3v) is 3.07. The summed E-state index contributed by atoms with van der Waals surface area (Å²) < 4.78 is 0. The Morgan fingerprint density at radius 1 is 1.26 bits per heavy atom. The summed E-state index contributed by atoms with van der Waals surface area (Å²) in [6, 6.07) is 11.7. The van der Waals surface area contributed by atoms with Crippen LogP contribution in [-0.4, -0.2) is 6.29 Å². The summed E-state index contributed by atoms with van der Waals surface area (Å²) in [5.74, 6) is 0. The molecule has 1 rings (SSSR count). The maximum atomic E-state index is 11.1. The minimum Gasteiger partial charge on any atom is -0.297 e. The van der Waals surface area contributed by atoms with Crippen LogP contribution in [0.2, 0.25) is 0 Å². The van der Waals surface area contributed by atoms with Crippen molar-refractivity contribution in [1.82, 2.24) is 0 Å². The summed E-state index contributed by atoms with van der Waals surface area (Å²) in [5.41, 5.74) is 0.422. The Labute approximate surface area is 118 Å². The third kappa shape index (κ3) is 6.08. The highest BCUT2D eigenvalue weighted by atomic mass is 32.2. The van der Waals surface area contributed by atoms with Gasteiger partial charge in [-0.15, -0.1) is 0 Å². The first-order valence-electron chi connectivity index (χ1n) is 5.97. The van der Waals surface area contributed by atoms with E-state index in [4.69, 9.17) is 5.26 Å². The minimum atomic E-state index is -0.0903. The fourth-order valence-electron chi connectivity index (χ4n) is 1.44. The number of nitrogens with zero attached hydrogens (tertiary/aromatic N) is 1. The zero-order chi connectivity index (χ0) is 14.3. The fraction of sp³-hybridized carbons (Fsp3) is 0.250. The molecule has 98 valence electrons. The van der Waals surface area contributed by atoms with Crippen LogP contribution < -0.4 is 0 Å². The SMILES string of the molecule is CC(C)(C)/C=C(C#N)/C=C(/C=O)Sc1ccccc1. The molecule has 0 atom stereocenters. The highest BCUT2D eigenvalue weighted by Crippen LogP contribution is 2.26. The van der Waals surface area contributed by atoms with Crippen LogP contribution in [0.5, 0.6) is 0 Å². The van der Waals surface area contributed by atoms with Crippen molar-refractivity contribution in [2.24, 2.45) is 5.41 Å². The molecule has 0 fully saturated rings. The Morgan fingerprint density at radius 2 is 1.89 bits per heavy atom. The molecule has 0 aromatic heterocycles. The Kier molecular flexibility index (Phi) is 5.59. The van der Waals surface area contributed by atoms with Gasteiger partial charge < -0.3 is 0 Å². The van der Waals surface area contributed by atoms with E-state index in [-0.39, 0.29) is 5.41 Å². The van der Waals surface area contributed by atoms with Gasteiger partial charge in [0.15, 0.2) is 6.29 Å². The zero-order valence-corrected chi connectivity index (χ0v) is 12.2. The second kappa shape index (κ2) is 6.96. The molecule has 0 radical (unpaired) electrons. The van der Waals surface area contributed by atoms with E-state index in [1.165, 1.54) is 11.8 Å². The summed E-state index contributed by atoms with van der Waals surface area (Å²) >= 11 is 1.36. The van der Waals surface area contributed by atoms with Crippen LogP contribution in [0, 0.1) is 16.7 Å². The van der Waals surface area contributed by atoms with Crippen LogP contribution in [0.15, 0.2) is 57.9 Å². The molecule has 0 saturated carbocycles. The molecule has 2 nitrogen and oxygen atoms in total. The Balaban J connectivity index is 2.96. The first-order chi connectivity index (χ1) is 8.94. The van der Waals surface area contributed by atoms with E-state index in [1.54, 1.807) is 6.08 Å². The first kappa shape index (κ1) is 15.3. The maximum absolute atomic E-state index is 11.1. The van der Waals surface area contributed by atoms with Crippen LogP contribution >= 0.6 is 11.8 Å². The molecule has 0 saturated heterocycles. The van der Waals surface area contributed by atoms with Crippen LogP contribution in [0.4, 0.5) is 0 Å². The molecule has 0 aliphatic carbocycles. The fourth-order valence-corrected chi connectivity index (χ4v) is 2.24. The molecule has 1 aromatic rings. The maximum Gasteiger partial charge on any atom is 0.156 e. The molecule has 1 aromatic carbocycles. The van der Waals surface area contributed by atoms with Gasteiger partial charge in [0, 0.05) is 10.5 Å². The van der Waals surface area contributed by atoms with Gasteiger partial charge in [-0.1, -0.05) is 56.8 Å². The molecule has 0 bridgehead atoms. The molecule has 3 heteroatoms. The Morgan fingerprint density at radius 3 is 2.37 bits per heavy atom. The Hall–Kier alpha value is -1.79. The van der Waals surface area contributed by atoms with Crippen molar-refractivity contribution in [3.63, 3.8) is 0 Å². The van der Waals surface area contributed by atoms with Gasteiger partial charge in [-0.3, -0.25) is 4.79 Å². The second-order valence-electron chi connectivity index (χ2n) is 5.16. The summed E-state index contributed by atoms with van der Waals surface area (Å²) in [6.07, 6.45) is 4.28. The van der Waals surface area contributed by atoms with Crippen LogP contribution in [0.25, 0.3) is 0 Å². The molecule has 0 N–H and O–H groups in total. The number of thioether (sulfide) groups is 1. The molecule has 19 heavy (non-hydrogen) atoms. The lowest BCUT2D eigenvalue weighted by atomic mass is 9.94. The number of benzene rings is 1. The number of allylic oxidation sites excluding steroid dienone is 4. The molecule has 0 heterocycles. The number of carbonyl (C=O) groups excluding carboxylic acids is 1. The third-order valence-electron chi connectivity index (χ3n) is 2.11. The van der Waals surface area contributed by atoms with E-state index < -0.39 is 0 Å². The van der Waals surface area contributed by atoms with E-state index >= 15 is 0 Å². The molecular weight excluding hydrogens is 254 g/mol. The number of carbonyl (C=O) groups is 1. The average molecular weight is 271 g/mol. The zero-order valence-electron chi connectivity index (χ0n) is 11.4. The molecule has 0 spiro atoms. The van der Waals surface area contributed by atoms with Gasteiger partial charge in [0.1, 0.15) is 0 Å². The molecule has 0 aliphatic rings. The van der Waals surface area contributed by atoms with Crippen molar-refractivity contribution < 1.29 is 4.79 Å². The van der Waals surface area contributed by atoms with Crippen molar-refractivity contribution >= 4 is 18.0 Å². The van der Waals surface area contributed by atoms with Crippen LogP contribution in [0.1, 0.15) is 20.8 Å². The lowest BCUT2D eigenvalue weighted by Crippen LogP contribution is -2.00. The van der Waals surface area contributed by atoms with Gasteiger partial charge >= 0.3 is 0 Å². The number of hydrogen-bond donors (Lipinski definition) is 0. The van der Waals surface area contributed by atoms with Gasteiger partial charge in [-0.25, -0.2) is 0 Å². The van der Waals surface area contributed by atoms with Gasteiger partial charge in [-0.2, -0.15) is 5.26 Å². The average Bonchev–Trinajstić information content (AvgIpc) is 2.36. The largest absolute Gasteiger partial charge is 0.297 e. The highest BCUT2D eigenvalue weighted by Gasteiger charge is 2.08. The summed E-state index contributed by atoms with van der Waals surface area (Å²) in [6.45, 7) is 6.05. The highest BCUT2D eigenvalue weighted by molar-refractivity contribution is 8.03. The number of hydrogen-bond acceptors (Lipinski definition) is 3. The van der Waals surface area contributed by atoms with E-state index in [1.807, 2.05) is 57.2 Å². The summed E-state index contributed by atoms with van der Waals surface area (Å²) in [4.78, 5) is 12.6. The number of aldehydes is 1. The molecular formula is C16H17NOS. The van der Waals surface area contributed by atoms with Gasteiger partial charge in [0.2, 0.25) is 0 Å². The molecule has 0 unspecified atom stereocenters. The quantitative estimate of drug-likeness (QED) is 0.269. The van der Waals surface area contributed by atoms with E-state index in [0.29, 0.717) is 10.5 Å². The van der Waals surface area contributed by atoms with E-state index in [0.717, 1.165) is 11.2 Å². The molecule has 0 aliphatic heterocycles. The topological polar surface area (TPSA) is 40.9 Å². The van der Waals surface area contributed by atoms with Crippen LogP contribution in [0.3, 0.4) is 0 Å². The monoisotopic (exact) mass is 271 g/mol. The minimum absolute atomic E-state index is 0.0903. The first-order valence-corrected chi connectivity index (χ1v) is 6.79. The lowest BCUT2D eigenvalue weighted by molar-refractivity contribution is -0.104. The van der Waals surface area contributed by atoms with Gasteiger partial charge in [-0.05, 0) is 23.6 Å². The normalized spacial score (nSPS) is 12.9. The lowest BCUT2D eigenvalue weighted by Gasteiger charge is -2.11. The predicted molar refractivity (Wildman–Crippen MR) is 79.6 cm³/mol. The molecule has 0 amide bonds. The number of nitriles is 1. The van der Waals surface area contributed by atoms with Crippen molar-refractivity contribution in [2.45, 2.75) is 25.7 Å². The standard InChI is InChI=1S/C16H17NOS/c1-16(2,3)10-13(11-17)9-15(12-18)19-14-7-5-4-6-8-14/h4-10,12H,1-3H3/b13-10-,15-9-.